The maximum absolute atomic E-state index is 9.64. The van der Waals surface area contributed by atoms with E-state index in [-0.39, 0.29) is 0 Å². The molecule has 0 aliphatic carbocycles. The number of aromatic nitrogens is 5. The highest BCUT2D eigenvalue weighted by Crippen LogP contribution is 2.33. The third kappa shape index (κ3) is 4.52. The lowest BCUT2D eigenvalue weighted by atomic mass is 10.0. The molecule has 34 heavy (non-hydrogen) atoms. The van der Waals surface area contributed by atoms with E-state index < -0.39 is 0 Å². The summed E-state index contributed by atoms with van der Waals surface area (Å²) in [5, 5.41) is 19.0. The Bertz CT molecular complexity index is 1320. The third-order valence-corrected chi connectivity index (χ3v) is 7.48. The Balaban J connectivity index is 1.42. The highest BCUT2D eigenvalue weighted by molar-refractivity contribution is 7.98. The van der Waals surface area contributed by atoms with E-state index >= 15 is 0 Å². The van der Waals surface area contributed by atoms with Crippen molar-refractivity contribution in [3.8, 4) is 28.3 Å². The Labute approximate surface area is 203 Å². The SMILES string of the molecule is CC(C)NSC1CCN(c2ccc(-c3cc(-c4cnn(C)c4)cn4ncc(C#N)c34)cn2)CC1. The first-order valence-corrected chi connectivity index (χ1v) is 12.4. The van der Waals surface area contributed by atoms with E-state index in [1.165, 1.54) is 0 Å². The van der Waals surface area contributed by atoms with Crippen LogP contribution in [0, 0.1) is 11.3 Å². The van der Waals surface area contributed by atoms with Crippen molar-refractivity contribution < 1.29 is 0 Å². The van der Waals surface area contributed by atoms with Gasteiger partial charge in [-0.1, -0.05) is 11.9 Å². The molecule has 0 unspecified atom stereocenters. The number of aryl methyl sites for hydroxylation is 1. The van der Waals surface area contributed by atoms with Crippen molar-refractivity contribution in [2.75, 3.05) is 18.0 Å². The maximum Gasteiger partial charge on any atom is 0.128 e. The fraction of sp³-hybridized carbons (Fsp3) is 0.360. The van der Waals surface area contributed by atoms with Gasteiger partial charge in [0, 0.05) is 72.3 Å². The number of anilines is 1. The lowest BCUT2D eigenvalue weighted by Gasteiger charge is -2.32. The molecule has 0 aromatic carbocycles. The summed E-state index contributed by atoms with van der Waals surface area (Å²) in [6.45, 7) is 6.37. The van der Waals surface area contributed by atoms with Crippen molar-refractivity contribution in [2.24, 2.45) is 7.05 Å². The number of hydrogen-bond acceptors (Lipinski definition) is 7. The van der Waals surface area contributed by atoms with E-state index in [2.05, 4.69) is 57.9 Å². The minimum absolute atomic E-state index is 0.498. The van der Waals surface area contributed by atoms with Crippen LogP contribution in [0.1, 0.15) is 32.3 Å². The summed E-state index contributed by atoms with van der Waals surface area (Å²) >= 11 is 1.87. The van der Waals surface area contributed by atoms with Crippen LogP contribution in [-0.4, -0.2) is 48.8 Å². The van der Waals surface area contributed by atoms with Gasteiger partial charge in [0.15, 0.2) is 0 Å². The third-order valence-electron chi connectivity index (χ3n) is 6.07. The van der Waals surface area contributed by atoms with E-state index in [4.69, 9.17) is 4.98 Å². The summed E-state index contributed by atoms with van der Waals surface area (Å²) < 4.78 is 7.04. The summed E-state index contributed by atoms with van der Waals surface area (Å²) in [4.78, 5) is 7.16. The van der Waals surface area contributed by atoms with Gasteiger partial charge in [0.2, 0.25) is 0 Å². The van der Waals surface area contributed by atoms with Crippen molar-refractivity contribution in [3.05, 3.63) is 54.7 Å². The average molecular weight is 473 g/mol. The molecule has 1 aliphatic heterocycles. The topological polar surface area (TPSA) is 87.1 Å². The Morgan fingerprint density at radius 3 is 2.53 bits per heavy atom. The number of piperidine rings is 1. The fourth-order valence-corrected chi connectivity index (χ4v) is 5.23. The zero-order chi connectivity index (χ0) is 23.7. The molecular formula is C25H28N8S. The van der Waals surface area contributed by atoms with Crippen LogP contribution in [-0.2, 0) is 7.05 Å². The number of fused-ring (bicyclic) bond motifs is 1. The van der Waals surface area contributed by atoms with Crippen LogP contribution >= 0.6 is 11.9 Å². The first-order valence-electron chi connectivity index (χ1n) is 11.5. The fourth-order valence-electron chi connectivity index (χ4n) is 4.32. The van der Waals surface area contributed by atoms with E-state index in [9.17, 15) is 5.26 Å². The first kappa shape index (κ1) is 22.4. The van der Waals surface area contributed by atoms with Crippen molar-refractivity contribution in [2.45, 2.75) is 38.0 Å². The zero-order valence-corrected chi connectivity index (χ0v) is 20.5. The second-order valence-corrected chi connectivity index (χ2v) is 10.1. The standard InChI is InChI=1S/C25H28N8S/c1-17(2)30-34-22-6-8-32(9-7-22)24-5-4-18(12-27-24)23-10-19(21-14-28-31(3)15-21)16-33-25(23)20(11-26)13-29-33/h4-5,10,12-17,22,30H,6-9H2,1-3H3. The first-order chi connectivity index (χ1) is 16.5. The summed E-state index contributed by atoms with van der Waals surface area (Å²) in [7, 11) is 1.90. The Kier molecular flexibility index (Phi) is 6.26. The summed E-state index contributed by atoms with van der Waals surface area (Å²) in [6, 6.07) is 9.05. The van der Waals surface area contributed by atoms with Gasteiger partial charge in [-0.05, 0) is 44.9 Å². The maximum atomic E-state index is 9.64. The van der Waals surface area contributed by atoms with Crippen LogP contribution in [0.4, 0.5) is 5.82 Å². The second kappa shape index (κ2) is 9.49. The van der Waals surface area contributed by atoms with Crippen LogP contribution in [0.25, 0.3) is 27.8 Å². The zero-order valence-electron chi connectivity index (χ0n) is 19.6. The average Bonchev–Trinajstić information content (AvgIpc) is 3.48. The molecule has 5 heterocycles. The molecule has 1 fully saturated rings. The van der Waals surface area contributed by atoms with Crippen LogP contribution in [0.15, 0.2) is 49.2 Å². The van der Waals surface area contributed by atoms with Crippen LogP contribution < -0.4 is 9.62 Å². The van der Waals surface area contributed by atoms with Crippen molar-refractivity contribution >= 4 is 23.3 Å². The van der Waals surface area contributed by atoms with E-state index in [0.29, 0.717) is 16.9 Å². The van der Waals surface area contributed by atoms with E-state index in [1.807, 2.05) is 43.8 Å². The molecule has 4 aromatic heterocycles. The van der Waals surface area contributed by atoms with Gasteiger partial charge in [-0.3, -0.25) is 9.40 Å². The predicted octanol–water partition coefficient (Wildman–Crippen LogP) is 4.28. The molecule has 4 aromatic rings. The van der Waals surface area contributed by atoms with Crippen LogP contribution in [0.3, 0.4) is 0 Å². The largest absolute Gasteiger partial charge is 0.357 e. The molecule has 8 nitrogen and oxygen atoms in total. The van der Waals surface area contributed by atoms with Crippen molar-refractivity contribution in [1.29, 1.82) is 5.26 Å². The molecule has 0 spiro atoms. The monoisotopic (exact) mass is 472 g/mol. The number of nitrogens with zero attached hydrogens (tertiary/aromatic N) is 7. The number of nitriles is 1. The predicted molar refractivity (Wildman–Crippen MR) is 136 cm³/mol. The van der Waals surface area contributed by atoms with Gasteiger partial charge in [0.05, 0.1) is 23.5 Å². The highest BCUT2D eigenvalue weighted by Gasteiger charge is 2.21. The Hall–Kier alpha value is -3.35. The summed E-state index contributed by atoms with van der Waals surface area (Å²) in [6.07, 6.45) is 11.6. The van der Waals surface area contributed by atoms with E-state index in [0.717, 1.165) is 59.5 Å². The number of pyridine rings is 2. The molecule has 5 rings (SSSR count). The van der Waals surface area contributed by atoms with Crippen molar-refractivity contribution in [3.63, 3.8) is 0 Å². The van der Waals surface area contributed by atoms with Gasteiger partial charge in [-0.2, -0.15) is 15.5 Å². The van der Waals surface area contributed by atoms with E-state index in [1.54, 1.807) is 15.4 Å². The molecule has 0 atom stereocenters. The number of hydrogen-bond donors (Lipinski definition) is 1. The van der Waals surface area contributed by atoms with Gasteiger partial charge in [-0.15, -0.1) is 0 Å². The van der Waals surface area contributed by atoms with Gasteiger partial charge in [0.25, 0.3) is 0 Å². The van der Waals surface area contributed by atoms with Crippen LogP contribution in [0.2, 0.25) is 0 Å². The molecule has 1 N–H and O–H groups in total. The second-order valence-electron chi connectivity index (χ2n) is 8.99. The van der Waals surface area contributed by atoms with Gasteiger partial charge >= 0.3 is 0 Å². The van der Waals surface area contributed by atoms with Crippen molar-refractivity contribution in [1.82, 2.24) is 29.1 Å². The highest BCUT2D eigenvalue weighted by atomic mass is 32.2. The normalized spacial score (nSPS) is 14.7. The summed E-state index contributed by atoms with van der Waals surface area (Å²) in [5.74, 6) is 0.998. The molecule has 1 aliphatic rings. The van der Waals surface area contributed by atoms with Gasteiger partial charge in [-0.25, -0.2) is 9.50 Å². The number of nitrogens with one attached hydrogen (secondary N) is 1. The Morgan fingerprint density at radius 1 is 1.06 bits per heavy atom. The molecule has 174 valence electrons. The van der Waals surface area contributed by atoms with Gasteiger partial charge in [0.1, 0.15) is 11.9 Å². The minimum Gasteiger partial charge on any atom is -0.357 e. The minimum atomic E-state index is 0.498. The molecule has 9 heteroatoms. The molecule has 0 amide bonds. The number of rotatable bonds is 6. The lowest BCUT2D eigenvalue weighted by Crippen LogP contribution is -2.36. The molecule has 1 saturated heterocycles. The smallest absolute Gasteiger partial charge is 0.128 e. The molecular weight excluding hydrogens is 444 g/mol. The quantitative estimate of drug-likeness (QED) is 0.419. The van der Waals surface area contributed by atoms with Gasteiger partial charge < -0.3 is 4.90 Å². The summed E-state index contributed by atoms with van der Waals surface area (Å²) in [5.41, 5.74) is 5.22. The molecule has 0 bridgehead atoms. The molecule has 0 saturated carbocycles. The Morgan fingerprint density at radius 2 is 1.88 bits per heavy atom. The molecule has 0 radical (unpaired) electrons. The van der Waals surface area contributed by atoms with Crippen LogP contribution in [0.5, 0.6) is 0 Å². The lowest BCUT2D eigenvalue weighted by molar-refractivity contribution is 0.582.